The maximum absolute atomic E-state index is 11.0. The summed E-state index contributed by atoms with van der Waals surface area (Å²) in [6, 6.07) is 10.1. The van der Waals surface area contributed by atoms with Gasteiger partial charge in [0.2, 0.25) is 5.95 Å². The second kappa shape index (κ2) is 7.36. The smallest absolute Gasteiger partial charge is 0.357 e. The molecule has 3 rings (SSSR count). The van der Waals surface area contributed by atoms with Crippen LogP contribution in [0.5, 0.6) is 0 Å². The first kappa shape index (κ1) is 18.8. The van der Waals surface area contributed by atoms with Crippen molar-refractivity contribution in [2.45, 2.75) is 6.54 Å². The average molecular weight is 407 g/mol. The number of anilines is 4. The molecule has 0 aliphatic heterocycles. The van der Waals surface area contributed by atoms with Gasteiger partial charge in [-0.15, -0.1) is 11.3 Å². The number of thiophene rings is 1. The third-order valence-electron chi connectivity index (χ3n) is 3.50. The van der Waals surface area contributed by atoms with Crippen molar-refractivity contribution in [2.24, 2.45) is 5.84 Å². The van der Waals surface area contributed by atoms with Crippen LogP contribution in [-0.4, -0.2) is 22.9 Å². The number of hydrogen-bond acceptors (Lipinski definition) is 9. The van der Waals surface area contributed by atoms with Crippen LogP contribution >= 0.6 is 11.3 Å². The van der Waals surface area contributed by atoms with Gasteiger partial charge in [-0.25, -0.2) is 10.8 Å². The van der Waals surface area contributed by atoms with E-state index in [9.17, 15) is 8.42 Å². The molecular weight excluding hydrogens is 390 g/mol. The second-order valence-electron chi connectivity index (χ2n) is 5.55. The number of aromatic nitrogens is 2. The first-order valence-electron chi connectivity index (χ1n) is 7.56. The fourth-order valence-corrected chi connectivity index (χ4v) is 3.60. The van der Waals surface area contributed by atoms with Crippen LogP contribution in [0.2, 0.25) is 0 Å². The van der Waals surface area contributed by atoms with E-state index in [2.05, 4.69) is 9.97 Å². The normalized spacial score (nSPS) is 11.3. The maximum Gasteiger partial charge on any atom is 0.357 e. The highest BCUT2D eigenvalue weighted by Crippen LogP contribution is 2.33. The van der Waals surface area contributed by atoms with Crippen LogP contribution in [0.25, 0.3) is 10.6 Å². The standard InChI is InChI=1S/C15H17N7O3S2/c16-12-13(11-5-2-6-26-11)19-15(17)20-14(12)22(18)8-9-3-1-4-10(7-9)21-27(23,24)25/h1-7,21H,8,16,18H2,(H2,17,19,20)(H,23,24,25). The molecule has 12 heteroatoms. The lowest BCUT2D eigenvalue weighted by atomic mass is 10.2. The van der Waals surface area contributed by atoms with Gasteiger partial charge in [0, 0.05) is 0 Å². The number of hydrazine groups is 1. The zero-order chi connectivity index (χ0) is 19.6. The van der Waals surface area contributed by atoms with E-state index in [4.69, 9.17) is 21.9 Å². The number of nitrogens with zero attached hydrogens (tertiary/aromatic N) is 3. The number of nitrogens with one attached hydrogen (secondary N) is 1. The summed E-state index contributed by atoms with van der Waals surface area (Å²) in [4.78, 5) is 9.13. The molecule has 0 amide bonds. The minimum absolute atomic E-state index is 0.0276. The highest BCUT2D eigenvalue weighted by molar-refractivity contribution is 7.87. The summed E-state index contributed by atoms with van der Waals surface area (Å²) < 4.78 is 32.8. The Hall–Kier alpha value is -2.93. The van der Waals surface area contributed by atoms with Gasteiger partial charge in [-0.2, -0.15) is 13.4 Å². The molecule has 0 saturated heterocycles. The minimum atomic E-state index is -4.37. The molecule has 0 aliphatic carbocycles. The number of hydrogen-bond donors (Lipinski definition) is 5. The summed E-state index contributed by atoms with van der Waals surface area (Å²) in [5, 5.41) is 3.18. The summed E-state index contributed by atoms with van der Waals surface area (Å²) in [6.07, 6.45) is 0. The SMILES string of the molecule is Nc1nc(-c2cccs2)c(N)c(N(N)Cc2cccc(NS(=O)(=O)O)c2)n1. The Morgan fingerprint density at radius 1 is 1.19 bits per heavy atom. The molecule has 8 N–H and O–H groups in total. The van der Waals surface area contributed by atoms with Crippen LogP contribution in [0.1, 0.15) is 5.56 Å². The molecule has 142 valence electrons. The largest absolute Gasteiger partial charge is 0.394 e. The molecule has 0 spiro atoms. The van der Waals surface area contributed by atoms with Crippen LogP contribution in [-0.2, 0) is 16.8 Å². The lowest BCUT2D eigenvalue weighted by molar-refractivity contribution is 0.489. The van der Waals surface area contributed by atoms with Gasteiger partial charge >= 0.3 is 10.3 Å². The molecule has 0 aliphatic rings. The van der Waals surface area contributed by atoms with E-state index in [1.165, 1.54) is 28.5 Å². The predicted molar refractivity (Wildman–Crippen MR) is 106 cm³/mol. The molecule has 1 aromatic carbocycles. The van der Waals surface area contributed by atoms with Crippen molar-refractivity contribution in [2.75, 3.05) is 21.2 Å². The Labute approximate surface area is 159 Å². The van der Waals surface area contributed by atoms with Crippen molar-refractivity contribution >= 4 is 44.8 Å². The first-order valence-corrected chi connectivity index (χ1v) is 9.88. The fourth-order valence-electron chi connectivity index (χ4n) is 2.45. The van der Waals surface area contributed by atoms with Crippen LogP contribution < -0.4 is 27.0 Å². The molecule has 3 aromatic rings. The van der Waals surface area contributed by atoms with Gasteiger partial charge in [0.15, 0.2) is 5.82 Å². The summed E-state index contributed by atoms with van der Waals surface area (Å²) in [7, 11) is -4.37. The molecule has 0 bridgehead atoms. The molecule has 2 heterocycles. The Balaban J connectivity index is 1.89. The van der Waals surface area contributed by atoms with E-state index >= 15 is 0 Å². The van der Waals surface area contributed by atoms with Crippen molar-refractivity contribution in [1.29, 1.82) is 0 Å². The van der Waals surface area contributed by atoms with Crippen molar-refractivity contribution in [3.63, 3.8) is 0 Å². The van der Waals surface area contributed by atoms with Gasteiger partial charge in [-0.05, 0) is 29.1 Å². The molecule has 0 atom stereocenters. The highest BCUT2D eigenvalue weighted by Gasteiger charge is 2.17. The van der Waals surface area contributed by atoms with Crippen molar-refractivity contribution in [3.05, 3.63) is 47.3 Å². The Morgan fingerprint density at radius 2 is 1.96 bits per heavy atom. The number of rotatable bonds is 6. The predicted octanol–water partition coefficient (Wildman–Crippen LogP) is 1.46. The van der Waals surface area contributed by atoms with E-state index in [0.29, 0.717) is 11.3 Å². The first-order chi connectivity index (χ1) is 12.7. The Morgan fingerprint density at radius 3 is 2.63 bits per heavy atom. The van der Waals surface area contributed by atoms with E-state index in [-0.39, 0.29) is 29.7 Å². The van der Waals surface area contributed by atoms with E-state index in [1.54, 1.807) is 12.1 Å². The second-order valence-corrected chi connectivity index (χ2v) is 7.65. The summed E-state index contributed by atoms with van der Waals surface area (Å²) in [5.74, 6) is 6.40. The quantitative estimate of drug-likeness (QED) is 0.230. The Kier molecular flexibility index (Phi) is 5.14. The lowest BCUT2D eigenvalue weighted by Crippen LogP contribution is -2.32. The van der Waals surface area contributed by atoms with Crippen molar-refractivity contribution in [3.8, 4) is 10.6 Å². The fraction of sp³-hybridized carbons (Fsp3) is 0.0667. The zero-order valence-corrected chi connectivity index (χ0v) is 15.5. The molecular formula is C15H17N7O3S2. The number of nitrogens with two attached hydrogens (primary N) is 3. The summed E-state index contributed by atoms with van der Waals surface area (Å²) in [5.41, 5.74) is 13.6. The molecule has 2 aromatic heterocycles. The zero-order valence-electron chi connectivity index (χ0n) is 13.9. The summed E-state index contributed by atoms with van der Waals surface area (Å²) in [6.45, 7) is 0.158. The number of nitrogen functional groups attached to an aromatic ring is 2. The molecule has 10 nitrogen and oxygen atoms in total. The average Bonchev–Trinajstić information content (AvgIpc) is 3.09. The molecule has 0 radical (unpaired) electrons. The minimum Gasteiger partial charge on any atom is -0.394 e. The van der Waals surface area contributed by atoms with Crippen LogP contribution in [0.3, 0.4) is 0 Å². The van der Waals surface area contributed by atoms with E-state index < -0.39 is 10.3 Å². The van der Waals surface area contributed by atoms with Gasteiger partial charge in [-0.3, -0.25) is 14.3 Å². The van der Waals surface area contributed by atoms with Crippen LogP contribution in [0.15, 0.2) is 41.8 Å². The van der Waals surface area contributed by atoms with Crippen molar-refractivity contribution in [1.82, 2.24) is 9.97 Å². The molecule has 0 saturated carbocycles. The third-order valence-corrected chi connectivity index (χ3v) is 4.87. The molecule has 0 unspecified atom stereocenters. The molecule has 27 heavy (non-hydrogen) atoms. The van der Waals surface area contributed by atoms with Crippen LogP contribution in [0.4, 0.5) is 23.1 Å². The monoisotopic (exact) mass is 407 g/mol. The van der Waals surface area contributed by atoms with Gasteiger partial charge in [0.05, 0.1) is 17.1 Å². The topological polar surface area (TPSA) is 173 Å². The van der Waals surface area contributed by atoms with Gasteiger partial charge in [-0.1, -0.05) is 18.2 Å². The van der Waals surface area contributed by atoms with Gasteiger partial charge < -0.3 is 11.5 Å². The van der Waals surface area contributed by atoms with Gasteiger partial charge in [0.1, 0.15) is 11.4 Å². The van der Waals surface area contributed by atoms with Crippen molar-refractivity contribution < 1.29 is 13.0 Å². The summed E-state index contributed by atoms with van der Waals surface area (Å²) >= 11 is 1.46. The van der Waals surface area contributed by atoms with Gasteiger partial charge in [0.25, 0.3) is 0 Å². The maximum atomic E-state index is 11.0. The van der Waals surface area contributed by atoms with Crippen LogP contribution in [0, 0.1) is 0 Å². The molecule has 0 fully saturated rings. The highest BCUT2D eigenvalue weighted by atomic mass is 32.2. The number of benzene rings is 1. The lowest BCUT2D eigenvalue weighted by Gasteiger charge is -2.21. The van der Waals surface area contributed by atoms with E-state index in [1.807, 2.05) is 22.2 Å². The van der Waals surface area contributed by atoms with E-state index in [0.717, 1.165) is 4.88 Å². The Bertz CT molecular complexity index is 1060. The third kappa shape index (κ3) is 4.62.